The van der Waals surface area contributed by atoms with Crippen LogP contribution in [-0.2, 0) is 4.79 Å². The lowest BCUT2D eigenvalue weighted by atomic mass is 10.2. The Morgan fingerprint density at radius 3 is 2.65 bits per heavy atom. The van der Waals surface area contributed by atoms with E-state index in [2.05, 4.69) is 0 Å². The van der Waals surface area contributed by atoms with E-state index >= 15 is 0 Å². The van der Waals surface area contributed by atoms with Gasteiger partial charge in [-0.15, -0.1) is 11.8 Å². The van der Waals surface area contributed by atoms with Crippen molar-refractivity contribution in [3.63, 3.8) is 0 Å². The predicted molar refractivity (Wildman–Crippen MR) is 115 cm³/mol. The molecule has 1 saturated heterocycles. The van der Waals surface area contributed by atoms with Crippen molar-refractivity contribution in [3.05, 3.63) is 64.0 Å². The number of benzene rings is 2. The molecule has 1 aliphatic rings. The number of carbonyl (C=O) groups excluding carboxylic acids is 1. The van der Waals surface area contributed by atoms with E-state index in [1.807, 2.05) is 54.6 Å². The second-order valence-electron chi connectivity index (χ2n) is 5.43. The fraction of sp³-hybridized carbons (Fsp3) is 0.158. The molecular formula is C19H16ClNO2S3. The highest BCUT2D eigenvalue weighted by Crippen LogP contribution is 2.33. The second kappa shape index (κ2) is 8.95. The smallest absolute Gasteiger partial charge is 0.265 e. The van der Waals surface area contributed by atoms with Crippen LogP contribution in [0.1, 0.15) is 5.56 Å². The third kappa shape index (κ3) is 4.82. The molecule has 0 aliphatic carbocycles. The molecular weight excluding hydrogens is 406 g/mol. The molecule has 26 heavy (non-hydrogen) atoms. The van der Waals surface area contributed by atoms with Crippen LogP contribution >= 0.6 is 47.3 Å². The molecule has 2 aromatic rings. The Balaban J connectivity index is 1.62. The fourth-order valence-electron chi connectivity index (χ4n) is 2.26. The van der Waals surface area contributed by atoms with Crippen LogP contribution in [0.2, 0.25) is 5.02 Å². The maximum atomic E-state index is 12.2. The van der Waals surface area contributed by atoms with Gasteiger partial charge in [-0.3, -0.25) is 9.69 Å². The average molecular weight is 422 g/mol. The van der Waals surface area contributed by atoms with Crippen molar-refractivity contribution in [1.29, 1.82) is 0 Å². The molecule has 7 heteroatoms. The van der Waals surface area contributed by atoms with Gasteiger partial charge < -0.3 is 4.74 Å². The number of carbonyl (C=O) groups is 1. The molecule has 1 amide bonds. The summed E-state index contributed by atoms with van der Waals surface area (Å²) in [7, 11) is 1.69. The maximum absolute atomic E-state index is 12.2. The van der Waals surface area contributed by atoms with Gasteiger partial charge in [0.05, 0.1) is 11.5 Å². The Labute approximate surface area is 171 Å². The molecule has 3 nitrogen and oxygen atoms in total. The Morgan fingerprint density at radius 2 is 1.96 bits per heavy atom. The Bertz CT molecular complexity index is 852. The first-order valence-electron chi connectivity index (χ1n) is 7.86. The minimum Gasteiger partial charge on any atom is -0.492 e. The van der Waals surface area contributed by atoms with Crippen molar-refractivity contribution in [1.82, 2.24) is 4.90 Å². The van der Waals surface area contributed by atoms with E-state index in [1.165, 1.54) is 16.7 Å². The highest BCUT2D eigenvalue weighted by atomic mass is 35.5. The van der Waals surface area contributed by atoms with E-state index in [1.54, 1.807) is 18.8 Å². The van der Waals surface area contributed by atoms with Crippen molar-refractivity contribution < 1.29 is 9.53 Å². The minimum atomic E-state index is -0.0758. The molecule has 0 aromatic heterocycles. The van der Waals surface area contributed by atoms with Crippen LogP contribution in [0, 0.1) is 0 Å². The van der Waals surface area contributed by atoms with Crippen LogP contribution < -0.4 is 4.74 Å². The van der Waals surface area contributed by atoms with Crippen LogP contribution in [0.5, 0.6) is 5.75 Å². The van der Waals surface area contributed by atoms with E-state index in [4.69, 9.17) is 28.6 Å². The standard InChI is InChI=1S/C19H16ClNO2S3/c1-21-18(22)17(26-19(21)24)12-13-4-2-3-5-16(13)23-10-11-25-15-8-6-14(20)7-9-15/h2-9,12H,10-11H2,1H3/b17-12-. The zero-order valence-corrected chi connectivity index (χ0v) is 17.2. The topological polar surface area (TPSA) is 29.5 Å². The third-order valence-electron chi connectivity index (χ3n) is 3.62. The van der Waals surface area contributed by atoms with Crippen molar-refractivity contribution >= 4 is 63.6 Å². The monoisotopic (exact) mass is 421 g/mol. The summed E-state index contributed by atoms with van der Waals surface area (Å²) >= 11 is 14.1. The summed E-state index contributed by atoms with van der Waals surface area (Å²) in [5.74, 6) is 1.49. The summed E-state index contributed by atoms with van der Waals surface area (Å²) in [4.78, 5) is 15.4. The molecule has 1 aliphatic heterocycles. The van der Waals surface area contributed by atoms with Crippen LogP contribution in [0.25, 0.3) is 6.08 Å². The average Bonchev–Trinajstić information content (AvgIpc) is 2.88. The van der Waals surface area contributed by atoms with Crippen molar-refractivity contribution in [2.75, 3.05) is 19.4 Å². The third-order valence-corrected chi connectivity index (χ3v) is 6.33. The molecule has 0 atom stereocenters. The Hall–Kier alpha value is -1.47. The number of hydrogen-bond acceptors (Lipinski definition) is 5. The number of ether oxygens (including phenoxy) is 1. The Morgan fingerprint density at radius 1 is 1.23 bits per heavy atom. The first kappa shape index (κ1) is 19.3. The highest BCUT2D eigenvalue weighted by Gasteiger charge is 2.28. The number of nitrogens with zero attached hydrogens (tertiary/aromatic N) is 1. The SMILES string of the molecule is CN1C(=O)/C(=C/c2ccccc2OCCSc2ccc(Cl)cc2)SC1=S. The highest BCUT2D eigenvalue weighted by molar-refractivity contribution is 8.26. The summed E-state index contributed by atoms with van der Waals surface area (Å²) in [6, 6.07) is 15.4. The molecule has 2 aromatic carbocycles. The summed E-state index contributed by atoms with van der Waals surface area (Å²) in [5, 5.41) is 0.733. The van der Waals surface area contributed by atoms with Gasteiger partial charge in [-0.1, -0.05) is 53.8 Å². The predicted octanol–water partition coefficient (Wildman–Crippen LogP) is 5.34. The molecule has 134 valence electrons. The van der Waals surface area contributed by atoms with E-state index in [9.17, 15) is 4.79 Å². The maximum Gasteiger partial charge on any atom is 0.265 e. The van der Waals surface area contributed by atoms with Crippen LogP contribution in [0.3, 0.4) is 0 Å². The summed E-state index contributed by atoms with van der Waals surface area (Å²) in [6.45, 7) is 0.562. The van der Waals surface area contributed by atoms with Gasteiger partial charge >= 0.3 is 0 Å². The number of para-hydroxylation sites is 1. The van der Waals surface area contributed by atoms with Crippen molar-refractivity contribution in [2.45, 2.75) is 4.90 Å². The second-order valence-corrected chi connectivity index (χ2v) is 8.71. The van der Waals surface area contributed by atoms with Gasteiger partial charge in [0, 0.05) is 28.3 Å². The molecule has 0 unspecified atom stereocenters. The van der Waals surface area contributed by atoms with Gasteiger partial charge in [0.25, 0.3) is 5.91 Å². The molecule has 0 saturated carbocycles. The van der Waals surface area contributed by atoms with Gasteiger partial charge in [-0.25, -0.2) is 0 Å². The molecule has 1 heterocycles. The molecule has 1 fully saturated rings. The van der Waals surface area contributed by atoms with Gasteiger partial charge in [0.2, 0.25) is 0 Å². The first-order valence-corrected chi connectivity index (χ1v) is 10.4. The fourth-order valence-corrected chi connectivity index (χ4v) is 4.29. The molecule has 0 radical (unpaired) electrons. The normalized spacial score (nSPS) is 15.8. The van der Waals surface area contributed by atoms with Crippen molar-refractivity contribution in [3.8, 4) is 5.75 Å². The zero-order chi connectivity index (χ0) is 18.5. The lowest BCUT2D eigenvalue weighted by molar-refractivity contribution is -0.121. The van der Waals surface area contributed by atoms with E-state index in [0.717, 1.165) is 27.0 Å². The lowest BCUT2D eigenvalue weighted by Gasteiger charge is -2.09. The number of halogens is 1. The molecule has 0 N–H and O–H groups in total. The van der Waals surface area contributed by atoms with E-state index < -0.39 is 0 Å². The minimum absolute atomic E-state index is 0.0758. The molecule has 3 rings (SSSR count). The number of thiocarbonyl (C=S) groups is 1. The van der Waals surface area contributed by atoms with Crippen LogP contribution in [-0.4, -0.2) is 34.5 Å². The molecule has 0 spiro atoms. The summed E-state index contributed by atoms with van der Waals surface area (Å²) < 4.78 is 6.49. The lowest BCUT2D eigenvalue weighted by Crippen LogP contribution is -2.22. The Kier molecular flexibility index (Phi) is 6.64. The van der Waals surface area contributed by atoms with Crippen LogP contribution in [0.15, 0.2) is 58.3 Å². The van der Waals surface area contributed by atoms with Gasteiger partial charge in [0.15, 0.2) is 0 Å². The van der Waals surface area contributed by atoms with E-state index in [-0.39, 0.29) is 5.91 Å². The first-order chi connectivity index (χ1) is 12.5. The number of likely N-dealkylation sites (N-methyl/N-ethyl adjacent to an activating group) is 1. The summed E-state index contributed by atoms with van der Waals surface area (Å²) in [6.07, 6.45) is 1.84. The number of amides is 1. The molecule has 0 bridgehead atoms. The van der Waals surface area contributed by atoms with E-state index in [0.29, 0.717) is 15.8 Å². The summed E-state index contributed by atoms with van der Waals surface area (Å²) in [5.41, 5.74) is 0.873. The number of thioether (sulfide) groups is 2. The van der Waals surface area contributed by atoms with Crippen molar-refractivity contribution in [2.24, 2.45) is 0 Å². The zero-order valence-electron chi connectivity index (χ0n) is 14.0. The quantitative estimate of drug-likeness (QED) is 0.272. The number of rotatable bonds is 6. The van der Waals surface area contributed by atoms with Gasteiger partial charge in [-0.2, -0.15) is 0 Å². The van der Waals surface area contributed by atoms with Crippen LogP contribution in [0.4, 0.5) is 0 Å². The van der Waals surface area contributed by atoms with Gasteiger partial charge in [-0.05, 0) is 36.4 Å². The largest absolute Gasteiger partial charge is 0.492 e. The van der Waals surface area contributed by atoms with Gasteiger partial charge in [0.1, 0.15) is 10.1 Å². The number of hydrogen-bond donors (Lipinski definition) is 0.